The molecular weight excluding hydrogens is 234 g/mol. The molecule has 0 atom stereocenters. The highest BCUT2D eigenvalue weighted by Gasteiger charge is 2.35. The van der Waals surface area contributed by atoms with Crippen molar-refractivity contribution >= 4 is 23.2 Å². The molecule has 1 rings (SSSR count). The average molecular weight is 257 g/mol. The Kier molecular flexibility index (Phi) is 5.18. The summed E-state index contributed by atoms with van der Waals surface area (Å²) in [6.45, 7) is 3.86. The van der Waals surface area contributed by atoms with Gasteiger partial charge in [-0.2, -0.15) is 0 Å². The Bertz CT molecular complexity index is 283. The molecule has 17 heavy (non-hydrogen) atoms. The van der Waals surface area contributed by atoms with E-state index in [9.17, 15) is 4.79 Å². The Morgan fingerprint density at radius 1 is 1.24 bits per heavy atom. The van der Waals surface area contributed by atoms with E-state index in [0.717, 1.165) is 25.7 Å². The van der Waals surface area contributed by atoms with Crippen LogP contribution in [-0.2, 0) is 0 Å². The van der Waals surface area contributed by atoms with E-state index >= 15 is 0 Å². The molecule has 0 radical (unpaired) electrons. The van der Waals surface area contributed by atoms with Crippen LogP contribution in [0.25, 0.3) is 0 Å². The maximum Gasteiger partial charge on any atom is 0.315 e. The molecule has 0 saturated heterocycles. The Labute approximate surface area is 109 Å². The van der Waals surface area contributed by atoms with Gasteiger partial charge in [-0.05, 0) is 26.7 Å². The lowest BCUT2D eigenvalue weighted by Gasteiger charge is -2.33. The quantitative estimate of drug-likeness (QED) is 0.535. The van der Waals surface area contributed by atoms with Crippen LogP contribution in [-0.4, -0.2) is 22.6 Å². The fourth-order valence-corrected chi connectivity index (χ4v) is 2.54. The molecule has 4 nitrogen and oxygen atoms in total. The van der Waals surface area contributed by atoms with E-state index < -0.39 is 5.54 Å². The zero-order chi connectivity index (χ0) is 12.9. The Hall–Kier alpha value is -0.840. The van der Waals surface area contributed by atoms with Gasteiger partial charge in [0.2, 0.25) is 0 Å². The predicted octanol–water partition coefficient (Wildman–Crippen LogP) is 2.07. The van der Waals surface area contributed by atoms with Crippen molar-refractivity contribution in [1.29, 1.82) is 0 Å². The molecule has 0 heterocycles. The Morgan fingerprint density at radius 3 is 2.18 bits per heavy atom. The van der Waals surface area contributed by atoms with Crippen LogP contribution in [0.3, 0.4) is 0 Å². The van der Waals surface area contributed by atoms with E-state index in [0.29, 0.717) is 4.99 Å². The van der Waals surface area contributed by atoms with E-state index in [1.165, 1.54) is 12.8 Å². The molecule has 1 saturated carbocycles. The van der Waals surface area contributed by atoms with Gasteiger partial charge in [-0.15, -0.1) is 0 Å². The van der Waals surface area contributed by atoms with Crippen LogP contribution in [0.5, 0.6) is 0 Å². The van der Waals surface area contributed by atoms with Crippen molar-refractivity contribution in [3.05, 3.63) is 0 Å². The molecule has 0 aromatic heterocycles. The van der Waals surface area contributed by atoms with Gasteiger partial charge in [0.25, 0.3) is 0 Å². The molecule has 98 valence electrons. The third-order valence-corrected chi connectivity index (χ3v) is 3.59. The largest absolute Gasteiger partial charge is 0.391 e. The summed E-state index contributed by atoms with van der Waals surface area (Å²) in [5.74, 6) is 0. The minimum atomic E-state index is -0.481. The monoisotopic (exact) mass is 257 g/mol. The molecule has 0 spiro atoms. The SMILES string of the molecule is CC(C)NC(=O)NC1(C(N)=S)CCCCCC1. The fourth-order valence-electron chi connectivity index (χ4n) is 2.28. The molecule has 4 N–H and O–H groups in total. The first-order valence-electron chi connectivity index (χ1n) is 6.35. The molecule has 0 aliphatic heterocycles. The molecule has 0 unspecified atom stereocenters. The number of amides is 2. The molecule has 1 fully saturated rings. The minimum Gasteiger partial charge on any atom is -0.391 e. The second-order valence-electron chi connectivity index (χ2n) is 5.11. The molecule has 5 heteroatoms. The third kappa shape index (κ3) is 4.15. The summed E-state index contributed by atoms with van der Waals surface area (Å²) in [4.78, 5) is 12.2. The van der Waals surface area contributed by atoms with Crippen LogP contribution < -0.4 is 16.4 Å². The maximum absolute atomic E-state index is 11.8. The lowest BCUT2D eigenvalue weighted by molar-refractivity contribution is 0.228. The van der Waals surface area contributed by atoms with Gasteiger partial charge in [0.15, 0.2) is 0 Å². The Balaban J connectivity index is 2.70. The number of hydrogen-bond donors (Lipinski definition) is 3. The van der Waals surface area contributed by atoms with Gasteiger partial charge in [-0.3, -0.25) is 0 Å². The van der Waals surface area contributed by atoms with E-state index in [2.05, 4.69) is 10.6 Å². The number of hydrogen-bond acceptors (Lipinski definition) is 2. The number of thiocarbonyl (C=S) groups is 1. The van der Waals surface area contributed by atoms with E-state index in [4.69, 9.17) is 18.0 Å². The van der Waals surface area contributed by atoms with E-state index in [-0.39, 0.29) is 12.1 Å². The number of nitrogens with one attached hydrogen (secondary N) is 2. The first kappa shape index (κ1) is 14.2. The summed E-state index contributed by atoms with van der Waals surface area (Å²) in [7, 11) is 0. The van der Waals surface area contributed by atoms with Gasteiger partial charge in [-0.25, -0.2) is 4.79 Å². The highest BCUT2D eigenvalue weighted by atomic mass is 32.1. The fraction of sp³-hybridized carbons (Fsp3) is 0.833. The second kappa shape index (κ2) is 6.19. The highest BCUT2D eigenvalue weighted by molar-refractivity contribution is 7.80. The maximum atomic E-state index is 11.8. The predicted molar refractivity (Wildman–Crippen MR) is 74.0 cm³/mol. The lowest BCUT2D eigenvalue weighted by atomic mass is 9.90. The van der Waals surface area contributed by atoms with Crippen molar-refractivity contribution in [2.45, 2.75) is 64.0 Å². The van der Waals surface area contributed by atoms with Crippen molar-refractivity contribution < 1.29 is 4.79 Å². The molecule has 0 aromatic carbocycles. The van der Waals surface area contributed by atoms with Gasteiger partial charge in [0.05, 0.1) is 10.5 Å². The summed E-state index contributed by atoms with van der Waals surface area (Å²) >= 11 is 5.16. The molecule has 0 bridgehead atoms. The topological polar surface area (TPSA) is 67.2 Å². The smallest absolute Gasteiger partial charge is 0.315 e. The van der Waals surface area contributed by atoms with E-state index in [1.54, 1.807) is 0 Å². The van der Waals surface area contributed by atoms with Gasteiger partial charge < -0.3 is 16.4 Å². The van der Waals surface area contributed by atoms with Crippen LogP contribution in [0.15, 0.2) is 0 Å². The molecule has 2 amide bonds. The lowest BCUT2D eigenvalue weighted by Crippen LogP contribution is -2.59. The summed E-state index contributed by atoms with van der Waals surface area (Å²) in [5, 5.41) is 5.81. The second-order valence-corrected chi connectivity index (χ2v) is 5.55. The summed E-state index contributed by atoms with van der Waals surface area (Å²) in [6.07, 6.45) is 6.23. The van der Waals surface area contributed by atoms with Crippen molar-refractivity contribution in [2.75, 3.05) is 0 Å². The van der Waals surface area contributed by atoms with Crippen LogP contribution in [0.1, 0.15) is 52.4 Å². The highest BCUT2D eigenvalue weighted by Crippen LogP contribution is 2.27. The van der Waals surface area contributed by atoms with Crippen molar-refractivity contribution in [3.8, 4) is 0 Å². The van der Waals surface area contributed by atoms with Crippen molar-refractivity contribution in [2.24, 2.45) is 5.73 Å². The van der Waals surface area contributed by atoms with Crippen LogP contribution >= 0.6 is 12.2 Å². The first-order valence-corrected chi connectivity index (χ1v) is 6.76. The zero-order valence-corrected chi connectivity index (χ0v) is 11.5. The average Bonchev–Trinajstić information content (AvgIpc) is 2.42. The zero-order valence-electron chi connectivity index (χ0n) is 10.7. The minimum absolute atomic E-state index is 0.115. The Morgan fingerprint density at radius 2 is 1.76 bits per heavy atom. The van der Waals surface area contributed by atoms with Crippen LogP contribution in [0.2, 0.25) is 0 Å². The molecule has 1 aliphatic carbocycles. The molecular formula is C12H23N3OS. The van der Waals surface area contributed by atoms with Crippen molar-refractivity contribution in [1.82, 2.24) is 10.6 Å². The summed E-state index contributed by atoms with van der Waals surface area (Å²) in [6, 6.07) is -0.0566. The number of rotatable bonds is 3. The van der Waals surface area contributed by atoms with E-state index in [1.807, 2.05) is 13.8 Å². The molecule has 0 aromatic rings. The first-order chi connectivity index (χ1) is 7.96. The van der Waals surface area contributed by atoms with Gasteiger partial charge in [0, 0.05) is 6.04 Å². The van der Waals surface area contributed by atoms with Gasteiger partial charge >= 0.3 is 6.03 Å². The number of nitrogens with two attached hydrogens (primary N) is 1. The number of carbonyl (C=O) groups is 1. The third-order valence-electron chi connectivity index (χ3n) is 3.20. The van der Waals surface area contributed by atoms with Crippen molar-refractivity contribution in [3.63, 3.8) is 0 Å². The van der Waals surface area contributed by atoms with Crippen LogP contribution in [0, 0.1) is 0 Å². The normalized spacial score (nSPS) is 19.5. The summed E-state index contributed by atoms with van der Waals surface area (Å²) < 4.78 is 0. The van der Waals surface area contributed by atoms with Crippen LogP contribution in [0.4, 0.5) is 4.79 Å². The van der Waals surface area contributed by atoms with Gasteiger partial charge in [-0.1, -0.05) is 37.9 Å². The molecule has 1 aliphatic rings. The number of urea groups is 1. The number of carbonyl (C=O) groups excluding carboxylic acids is 1. The summed E-state index contributed by atoms with van der Waals surface area (Å²) in [5.41, 5.74) is 5.36. The van der Waals surface area contributed by atoms with Gasteiger partial charge in [0.1, 0.15) is 0 Å². The standard InChI is InChI=1S/C12H23N3OS/c1-9(2)14-11(16)15-12(10(13)17)7-5-3-4-6-8-12/h9H,3-8H2,1-2H3,(H2,13,17)(H2,14,15,16).